The van der Waals surface area contributed by atoms with E-state index in [-0.39, 0.29) is 52.4 Å². The maximum absolute atomic E-state index is 13.7. The number of alkyl halides is 3. The zero-order valence-corrected chi connectivity index (χ0v) is 22.5. The van der Waals surface area contributed by atoms with Crippen LogP contribution in [0.4, 0.5) is 19.0 Å². The molecule has 1 aromatic heterocycles. The number of hydrogen-bond donors (Lipinski definition) is 0. The van der Waals surface area contributed by atoms with Crippen LogP contribution in [0.2, 0.25) is 0 Å². The molecule has 0 amide bonds. The number of carboxylic acid groups (broad SMARTS) is 1. The summed E-state index contributed by atoms with van der Waals surface area (Å²) >= 11 is 0. The Hall–Kier alpha value is -3.12. The van der Waals surface area contributed by atoms with Crippen molar-refractivity contribution in [2.45, 2.75) is 24.7 Å². The Morgan fingerprint density at radius 1 is 1.00 bits per heavy atom. The van der Waals surface area contributed by atoms with Gasteiger partial charge in [-0.3, -0.25) is 0 Å². The quantitative estimate of drug-likeness (QED) is 0.328. The Morgan fingerprint density at radius 3 is 2.22 bits per heavy atom. The van der Waals surface area contributed by atoms with Gasteiger partial charge in [0.15, 0.2) is 0 Å². The standard InChI is InChI=1S/C25H19F3N2O5S.Na/c1-16-22-5-3-2-4-19(22)14-29-23(16)30(15-17-6-10-20(11-7-17)35-25(26,27)28)36(33,34)21-12-8-18(9-13-21)24(31)32;/h2-14H,15H2,1H3,(H,31,32);/q;+1/p-1. The van der Waals surface area contributed by atoms with Crippen LogP contribution in [0.1, 0.15) is 21.5 Å². The fourth-order valence-corrected chi connectivity index (χ4v) is 5.14. The SMILES string of the molecule is Cc1c(N(Cc2ccc(OC(F)(F)F)cc2)S(=O)(=O)c2ccc(C(=O)[O-])cc2)ncc2ccccc12.[Na+]. The van der Waals surface area contributed by atoms with Crippen LogP contribution in [0.15, 0.2) is 83.9 Å². The van der Waals surface area contributed by atoms with Crippen LogP contribution >= 0.6 is 0 Å². The molecule has 3 aromatic carbocycles. The van der Waals surface area contributed by atoms with E-state index in [9.17, 15) is 31.5 Å². The number of anilines is 1. The van der Waals surface area contributed by atoms with E-state index in [4.69, 9.17) is 0 Å². The number of fused-ring (bicyclic) bond motifs is 1. The fraction of sp³-hybridized carbons (Fsp3) is 0.120. The van der Waals surface area contributed by atoms with Crippen LogP contribution in [0, 0.1) is 6.92 Å². The zero-order chi connectivity index (χ0) is 26.1. The Bertz CT molecular complexity index is 1530. The van der Waals surface area contributed by atoms with Crippen molar-refractivity contribution in [1.29, 1.82) is 0 Å². The Kier molecular flexibility index (Phi) is 8.53. The summed E-state index contributed by atoms with van der Waals surface area (Å²) in [4.78, 5) is 15.3. The third-order valence-corrected chi connectivity index (χ3v) is 7.17. The third kappa shape index (κ3) is 6.42. The summed E-state index contributed by atoms with van der Waals surface area (Å²) in [5.74, 6) is -1.78. The first-order valence-corrected chi connectivity index (χ1v) is 11.9. The second kappa shape index (κ2) is 11.1. The smallest absolute Gasteiger partial charge is 0.545 e. The van der Waals surface area contributed by atoms with Crippen LogP contribution < -0.4 is 43.7 Å². The monoisotopic (exact) mass is 538 g/mol. The molecule has 0 fully saturated rings. The third-order valence-electron chi connectivity index (χ3n) is 5.42. The second-order valence-electron chi connectivity index (χ2n) is 7.81. The molecule has 4 rings (SSSR count). The second-order valence-corrected chi connectivity index (χ2v) is 9.67. The van der Waals surface area contributed by atoms with Crippen LogP contribution in [0.5, 0.6) is 5.75 Å². The van der Waals surface area contributed by atoms with Gasteiger partial charge in [-0.1, -0.05) is 48.5 Å². The van der Waals surface area contributed by atoms with E-state index in [0.717, 1.165) is 51.5 Å². The van der Waals surface area contributed by atoms with Gasteiger partial charge >= 0.3 is 35.9 Å². The number of pyridine rings is 1. The number of carbonyl (C=O) groups is 1. The number of aromatic carboxylic acids is 1. The van der Waals surface area contributed by atoms with Crippen molar-refractivity contribution >= 4 is 32.6 Å². The molecule has 12 heteroatoms. The van der Waals surface area contributed by atoms with Gasteiger partial charge in [0.05, 0.1) is 17.4 Å². The Labute approximate surface area is 232 Å². The number of aromatic nitrogens is 1. The predicted octanol–water partition coefficient (Wildman–Crippen LogP) is 1.20. The molecular weight excluding hydrogens is 520 g/mol. The van der Waals surface area contributed by atoms with Gasteiger partial charge in [0.25, 0.3) is 10.0 Å². The Balaban J connectivity index is 0.00000380. The van der Waals surface area contributed by atoms with Gasteiger partial charge in [-0.2, -0.15) is 0 Å². The summed E-state index contributed by atoms with van der Waals surface area (Å²) in [5, 5.41) is 12.6. The van der Waals surface area contributed by atoms with E-state index in [1.54, 1.807) is 13.0 Å². The van der Waals surface area contributed by atoms with Gasteiger partial charge in [0.2, 0.25) is 0 Å². The van der Waals surface area contributed by atoms with Crippen LogP contribution in [-0.2, 0) is 16.6 Å². The molecule has 0 spiro atoms. The number of aryl methyl sites for hydroxylation is 1. The summed E-state index contributed by atoms with van der Waals surface area (Å²) in [6.45, 7) is 1.45. The molecule has 37 heavy (non-hydrogen) atoms. The average Bonchev–Trinajstić information content (AvgIpc) is 2.83. The molecule has 0 saturated carbocycles. The van der Waals surface area contributed by atoms with E-state index < -0.39 is 28.1 Å². The molecule has 0 aliphatic carbocycles. The van der Waals surface area contributed by atoms with E-state index in [2.05, 4.69) is 9.72 Å². The molecule has 1 heterocycles. The number of sulfonamides is 1. The first-order chi connectivity index (χ1) is 17.0. The predicted molar refractivity (Wildman–Crippen MR) is 124 cm³/mol. The van der Waals surface area contributed by atoms with E-state index in [1.165, 1.54) is 18.3 Å². The van der Waals surface area contributed by atoms with Crippen molar-refractivity contribution in [3.8, 4) is 5.75 Å². The number of nitrogens with zero attached hydrogens (tertiary/aromatic N) is 2. The summed E-state index contributed by atoms with van der Waals surface area (Å²) in [6.07, 6.45) is -3.33. The van der Waals surface area contributed by atoms with Crippen LogP contribution in [0.3, 0.4) is 0 Å². The van der Waals surface area contributed by atoms with Gasteiger partial charge in [-0.15, -0.1) is 13.2 Å². The maximum Gasteiger partial charge on any atom is 1.00 e. The minimum atomic E-state index is -4.86. The average molecular weight is 538 g/mol. The Morgan fingerprint density at radius 2 is 1.62 bits per heavy atom. The first-order valence-electron chi connectivity index (χ1n) is 10.5. The number of hydrogen-bond acceptors (Lipinski definition) is 6. The molecule has 0 bridgehead atoms. The maximum atomic E-state index is 13.7. The van der Waals surface area contributed by atoms with Crippen molar-refractivity contribution in [3.63, 3.8) is 0 Å². The number of halogens is 3. The molecule has 0 aliphatic heterocycles. The molecule has 0 radical (unpaired) electrons. The van der Waals surface area contributed by atoms with Crippen molar-refractivity contribution in [3.05, 3.63) is 95.7 Å². The summed E-state index contributed by atoms with van der Waals surface area (Å²) in [5.41, 5.74) is 0.745. The van der Waals surface area contributed by atoms with Crippen molar-refractivity contribution in [2.24, 2.45) is 0 Å². The van der Waals surface area contributed by atoms with E-state index >= 15 is 0 Å². The number of rotatable bonds is 7. The van der Waals surface area contributed by atoms with Crippen molar-refractivity contribution in [2.75, 3.05) is 4.31 Å². The summed E-state index contributed by atoms with van der Waals surface area (Å²) < 4.78 is 69.9. The number of ether oxygens (including phenoxy) is 1. The van der Waals surface area contributed by atoms with Gasteiger partial charge in [0, 0.05) is 17.1 Å². The van der Waals surface area contributed by atoms with Crippen molar-refractivity contribution in [1.82, 2.24) is 4.98 Å². The van der Waals surface area contributed by atoms with E-state index in [1.807, 2.05) is 18.2 Å². The van der Waals surface area contributed by atoms with Gasteiger partial charge in [-0.25, -0.2) is 17.7 Å². The van der Waals surface area contributed by atoms with Gasteiger partial charge < -0.3 is 14.6 Å². The van der Waals surface area contributed by atoms with E-state index in [0.29, 0.717) is 11.1 Å². The largest absolute Gasteiger partial charge is 1.00 e. The minimum Gasteiger partial charge on any atom is -0.545 e. The molecule has 0 aliphatic rings. The van der Waals surface area contributed by atoms with Gasteiger partial charge in [-0.05, 0) is 47.7 Å². The molecule has 186 valence electrons. The summed E-state index contributed by atoms with van der Waals surface area (Å²) in [7, 11) is -4.28. The summed E-state index contributed by atoms with van der Waals surface area (Å²) in [6, 6.07) is 16.6. The zero-order valence-electron chi connectivity index (χ0n) is 19.7. The molecule has 0 unspecified atom stereocenters. The number of carboxylic acids is 1. The molecule has 0 saturated heterocycles. The topological polar surface area (TPSA) is 99.6 Å². The fourth-order valence-electron chi connectivity index (χ4n) is 3.68. The molecule has 0 N–H and O–H groups in total. The van der Waals surface area contributed by atoms with Gasteiger partial charge in [0.1, 0.15) is 11.6 Å². The van der Waals surface area contributed by atoms with Crippen LogP contribution in [0.25, 0.3) is 10.8 Å². The number of benzene rings is 3. The number of carbonyl (C=O) groups excluding carboxylic acids is 1. The molecule has 4 aromatic rings. The molecule has 0 atom stereocenters. The van der Waals surface area contributed by atoms with Crippen LogP contribution in [-0.4, -0.2) is 25.7 Å². The normalized spacial score (nSPS) is 11.6. The first kappa shape index (κ1) is 28.5. The molecular formula is C25H18F3N2NaO5S. The van der Waals surface area contributed by atoms with Crippen molar-refractivity contribution < 1.29 is 65.8 Å². The minimum absolute atomic E-state index is 0. The molecule has 7 nitrogen and oxygen atoms in total.